The minimum Gasteiger partial charge on any atom is -0.454 e. The molecule has 162 valence electrons. The monoisotopic (exact) mass is 418 g/mol. The predicted molar refractivity (Wildman–Crippen MR) is 123 cm³/mol. The molecule has 1 amide bonds. The van der Waals surface area contributed by atoms with Crippen molar-refractivity contribution in [3.05, 3.63) is 60.2 Å². The number of fused-ring (bicyclic) bond motifs is 2. The number of ether oxygens (including phenoxy) is 2. The molecule has 2 heterocycles. The van der Waals surface area contributed by atoms with Gasteiger partial charge < -0.3 is 19.7 Å². The number of amides is 1. The van der Waals surface area contributed by atoms with Gasteiger partial charge in [-0.15, -0.1) is 6.58 Å². The first-order valence-electron chi connectivity index (χ1n) is 11.0. The Labute approximate surface area is 184 Å². The lowest BCUT2D eigenvalue weighted by Crippen LogP contribution is -2.41. The highest BCUT2D eigenvalue weighted by Gasteiger charge is 2.51. The maximum Gasteiger partial charge on any atom is 0.235 e. The van der Waals surface area contributed by atoms with Gasteiger partial charge in [0.05, 0.1) is 5.41 Å². The van der Waals surface area contributed by atoms with E-state index in [4.69, 9.17) is 9.47 Å². The van der Waals surface area contributed by atoms with E-state index < -0.39 is 5.41 Å². The number of hydrogen-bond donors (Lipinski definition) is 1. The van der Waals surface area contributed by atoms with Crippen LogP contribution in [0.4, 0.5) is 11.4 Å². The van der Waals surface area contributed by atoms with E-state index in [1.54, 1.807) is 0 Å². The summed E-state index contributed by atoms with van der Waals surface area (Å²) in [6, 6.07) is 12.6. The summed E-state index contributed by atoms with van der Waals surface area (Å²) < 4.78 is 10.9. The summed E-state index contributed by atoms with van der Waals surface area (Å²) in [4.78, 5) is 15.7. The fourth-order valence-electron chi connectivity index (χ4n) is 4.95. The number of hydrogen-bond acceptors (Lipinski definition) is 4. The van der Waals surface area contributed by atoms with E-state index in [2.05, 4.69) is 49.7 Å². The largest absolute Gasteiger partial charge is 0.454 e. The van der Waals surface area contributed by atoms with Gasteiger partial charge in [0.2, 0.25) is 12.7 Å². The third-order valence-corrected chi connectivity index (χ3v) is 6.87. The number of rotatable bonds is 5. The number of nitrogens with one attached hydrogen (secondary N) is 1. The van der Waals surface area contributed by atoms with E-state index in [1.807, 2.05) is 30.3 Å². The molecule has 3 aliphatic rings. The second kappa shape index (κ2) is 7.04. The van der Waals surface area contributed by atoms with E-state index in [1.165, 1.54) is 11.3 Å². The summed E-state index contributed by atoms with van der Waals surface area (Å²) in [6.07, 6.45) is 4.64. The van der Waals surface area contributed by atoms with Crippen molar-refractivity contribution in [2.75, 3.05) is 23.6 Å². The zero-order chi connectivity index (χ0) is 21.8. The first-order valence-corrected chi connectivity index (χ1v) is 11.0. The Hall–Kier alpha value is -2.95. The lowest BCUT2D eigenvalue weighted by Gasteiger charge is -2.36. The summed E-state index contributed by atoms with van der Waals surface area (Å²) >= 11 is 0. The fraction of sp³-hybridized carbons (Fsp3) is 0.423. The third-order valence-electron chi connectivity index (χ3n) is 6.87. The van der Waals surface area contributed by atoms with Crippen LogP contribution in [0.15, 0.2) is 49.1 Å². The van der Waals surface area contributed by atoms with Crippen LogP contribution in [0.25, 0.3) is 0 Å². The van der Waals surface area contributed by atoms with Crippen molar-refractivity contribution in [1.29, 1.82) is 0 Å². The molecule has 1 saturated carbocycles. The number of anilines is 2. The molecule has 0 radical (unpaired) electrons. The molecule has 5 nitrogen and oxygen atoms in total. The molecular weight excluding hydrogens is 388 g/mol. The fourth-order valence-corrected chi connectivity index (χ4v) is 4.95. The third kappa shape index (κ3) is 3.36. The van der Waals surface area contributed by atoms with Crippen LogP contribution in [0, 0.1) is 5.41 Å². The van der Waals surface area contributed by atoms with E-state index in [9.17, 15) is 4.79 Å². The summed E-state index contributed by atoms with van der Waals surface area (Å²) in [5, 5.41) is 3.19. The first-order chi connectivity index (χ1) is 14.8. The standard InChI is InChI=1S/C26H30N2O3/c1-5-12-28-20-8-7-19(13-17(20)14-23(28)25(2,3)4)27-24(29)26(10-11-26)18-6-9-21-22(15-18)31-16-30-21/h5-9,13,15,23H,1,10-12,14,16H2,2-4H3,(H,27,29). The SMILES string of the molecule is C=CCN1c2ccc(NC(=O)C3(c4ccc5c(c4)OCO5)CC3)cc2CC1C(C)(C)C. The summed E-state index contributed by atoms with van der Waals surface area (Å²) in [5.41, 5.74) is 4.08. The van der Waals surface area contributed by atoms with Crippen molar-refractivity contribution in [2.24, 2.45) is 5.41 Å². The summed E-state index contributed by atoms with van der Waals surface area (Å²) in [6.45, 7) is 11.9. The molecule has 2 aromatic carbocycles. The highest BCUT2D eigenvalue weighted by molar-refractivity contribution is 6.01. The number of benzene rings is 2. The average Bonchev–Trinajstić information content (AvgIpc) is 3.27. The lowest BCUT2D eigenvalue weighted by molar-refractivity contribution is -0.118. The molecule has 0 aromatic heterocycles. The highest BCUT2D eigenvalue weighted by atomic mass is 16.7. The van der Waals surface area contributed by atoms with Crippen molar-refractivity contribution in [1.82, 2.24) is 0 Å². The lowest BCUT2D eigenvalue weighted by atomic mass is 9.84. The maximum absolute atomic E-state index is 13.3. The molecule has 1 atom stereocenters. The Bertz CT molecular complexity index is 1050. The van der Waals surface area contributed by atoms with Crippen molar-refractivity contribution >= 4 is 17.3 Å². The molecular formula is C26H30N2O3. The predicted octanol–water partition coefficient (Wildman–Crippen LogP) is 5.05. The molecule has 5 heteroatoms. The number of carbonyl (C=O) groups excluding carboxylic acids is 1. The topological polar surface area (TPSA) is 50.8 Å². The van der Waals surface area contributed by atoms with Gasteiger partial charge in [-0.25, -0.2) is 0 Å². The number of nitrogens with zero attached hydrogens (tertiary/aromatic N) is 1. The van der Waals surface area contributed by atoms with Gasteiger partial charge in [-0.2, -0.15) is 0 Å². The molecule has 1 unspecified atom stereocenters. The van der Waals surface area contributed by atoms with E-state index in [-0.39, 0.29) is 18.1 Å². The van der Waals surface area contributed by atoms with Crippen LogP contribution in [0.3, 0.4) is 0 Å². The molecule has 1 aliphatic carbocycles. The van der Waals surface area contributed by atoms with Crippen LogP contribution in [0.2, 0.25) is 0 Å². The van der Waals surface area contributed by atoms with Crippen molar-refractivity contribution in [3.63, 3.8) is 0 Å². The van der Waals surface area contributed by atoms with Gasteiger partial charge >= 0.3 is 0 Å². The van der Waals surface area contributed by atoms with Crippen molar-refractivity contribution in [2.45, 2.75) is 51.5 Å². The molecule has 0 spiro atoms. The zero-order valence-corrected chi connectivity index (χ0v) is 18.5. The van der Waals surface area contributed by atoms with Crippen molar-refractivity contribution < 1.29 is 14.3 Å². The Balaban J connectivity index is 1.37. The molecule has 2 aromatic rings. The van der Waals surface area contributed by atoms with Crippen LogP contribution in [-0.4, -0.2) is 25.3 Å². The molecule has 1 fully saturated rings. The maximum atomic E-state index is 13.3. The Morgan fingerprint density at radius 3 is 2.68 bits per heavy atom. The highest BCUT2D eigenvalue weighted by Crippen LogP contribution is 2.51. The van der Waals surface area contributed by atoms with Gasteiger partial charge in [-0.3, -0.25) is 4.79 Å². The second-order valence-corrected chi connectivity index (χ2v) is 9.97. The quantitative estimate of drug-likeness (QED) is 0.691. The van der Waals surface area contributed by atoms with Crippen molar-refractivity contribution in [3.8, 4) is 11.5 Å². The van der Waals surface area contributed by atoms with E-state index in [0.29, 0.717) is 6.04 Å². The van der Waals surface area contributed by atoms with Crippen LogP contribution in [-0.2, 0) is 16.6 Å². The zero-order valence-electron chi connectivity index (χ0n) is 18.5. The van der Waals surface area contributed by atoms with E-state index >= 15 is 0 Å². The van der Waals surface area contributed by atoms with Crippen LogP contribution < -0.4 is 19.7 Å². The Kier molecular flexibility index (Phi) is 4.54. The van der Waals surface area contributed by atoms with Gasteiger partial charge in [0, 0.05) is 24.0 Å². The molecule has 2 aliphatic heterocycles. The normalized spacial score (nSPS) is 20.4. The molecule has 31 heavy (non-hydrogen) atoms. The van der Waals surface area contributed by atoms with Gasteiger partial charge in [0.1, 0.15) is 0 Å². The van der Waals surface area contributed by atoms with Crippen LogP contribution in [0.5, 0.6) is 11.5 Å². The second-order valence-electron chi connectivity index (χ2n) is 9.97. The number of carbonyl (C=O) groups is 1. The minimum absolute atomic E-state index is 0.0552. The van der Waals surface area contributed by atoms with Crippen LogP contribution in [0.1, 0.15) is 44.7 Å². The Morgan fingerprint density at radius 1 is 1.19 bits per heavy atom. The summed E-state index contributed by atoms with van der Waals surface area (Å²) in [7, 11) is 0. The molecule has 0 bridgehead atoms. The molecule has 1 N–H and O–H groups in total. The van der Waals surface area contributed by atoms with Gasteiger partial charge in [-0.1, -0.05) is 32.9 Å². The average molecular weight is 419 g/mol. The van der Waals surface area contributed by atoms with Gasteiger partial charge in [-0.05, 0) is 66.1 Å². The Morgan fingerprint density at radius 2 is 1.97 bits per heavy atom. The molecule has 0 saturated heterocycles. The first kappa shape index (κ1) is 20.0. The van der Waals surface area contributed by atoms with E-state index in [0.717, 1.165) is 48.6 Å². The molecule has 5 rings (SSSR count). The van der Waals surface area contributed by atoms with Gasteiger partial charge in [0.15, 0.2) is 11.5 Å². The van der Waals surface area contributed by atoms with Gasteiger partial charge in [0.25, 0.3) is 0 Å². The smallest absolute Gasteiger partial charge is 0.235 e. The summed E-state index contributed by atoms with van der Waals surface area (Å²) in [5.74, 6) is 1.53. The van der Waals surface area contributed by atoms with Crippen LogP contribution >= 0.6 is 0 Å². The minimum atomic E-state index is -0.469.